The van der Waals surface area contributed by atoms with Gasteiger partial charge in [0.05, 0.1) is 29.1 Å². The number of hydrogen-bond donors (Lipinski definition) is 4. The van der Waals surface area contributed by atoms with Crippen LogP contribution in [0.5, 0.6) is 0 Å². The summed E-state index contributed by atoms with van der Waals surface area (Å²) in [5.74, 6) is -1.25. The summed E-state index contributed by atoms with van der Waals surface area (Å²) in [7, 11) is 1.83. The van der Waals surface area contributed by atoms with Crippen molar-refractivity contribution in [2.24, 2.45) is 16.8 Å². The molecular weight excluding hydrogens is 384 g/mol. The fourth-order valence-corrected chi connectivity index (χ4v) is 4.03. The van der Waals surface area contributed by atoms with Gasteiger partial charge in [0.25, 0.3) is 0 Å². The zero-order valence-corrected chi connectivity index (χ0v) is 16.6. The summed E-state index contributed by atoms with van der Waals surface area (Å²) in [6, 6.07) is 1.87. The molecule has 1 aromatic rings. The second-order valence-corrected chi connectivity index (χ2v) is 7.75. The molecule has 0 saturated carbocycles. The Morgan fingerprint density at radius 3 is 2.89 bits per heavy atom. The first kappa shape index (κ1) is 20.9. The molecule has 2 fully saturated rings. The quantitative estimate of drug-likeness (QED) is 0.367. The van der Waals surface area contributed by atoms with Gasteiger partial charge in [-0.3, -0.25) is 20.0 Å². The summed E-state index contributed by atoms with van der Waals surface area (Å²) in [5, 5.41) is 12.3. The van der Waals surface area contributed by atoms with Crippen LogP contribution in [-0.4, -0.2) is 79.8 Å². The Labute approximate surface area is 169 Å². The first-order valence-electron chi connectivity index (χ1n) is 9.37. The number of halogens is 1. The largest absolute Gasteiger partial charge is 0.367 e. The normalized spacial score (nSPS) is 25.8. The van der Waals surface area contributed by atoms with Gasteiger partial charge in [-0.1, -0.05) is 5.18 Å². The van der Waals surface area contributed by atoms with Crippen LogP contribution in [0, 0.1) is 10.8 Å². The van der Waals surface area contributed by atoms with Gasteiger partial charge >= 0.3 is 0 Å². The van der Waals surface area contributed by atoms with Gasteiger partial charge in [-0.15, -0.1) is 16.5 Å². The van der Waals surface area contributed by atoms with Gasteiger partial charge in [0.15, 0.2) is 6.17 Å². The van der Waals surface area contributed by atoms with Gasteiger partial charge < -0.3 is 21.3 Å². The molecule has 0 aliphatic carbocycles. The van der Waals surface area contributed by atoms with E-state index in [9.17, 15) is 9.70 Å². The second-order valence-electron chi connectivity index (χ2n) is 7.13. The van der Waals surface area contributed by atoms with Crippen LogP contribution in [0.1, 0.15) is 0 Å². The van der Waals surface area contributed by atoms with Crippen LogP contribution in [0.25, 0.3) is 0 Å². The highest BCUT2D eigenvalue weighted by Gasteiger charge is 2.40. The molecule has 3 rings (SSSR count). The number of nitroso groups, excluding NO2 is 1. The zero-order valence-electron chi connectivity index (χ0n) is 15.8. The number of carbonyl (C=O) groups is 1. The van der Waals surface area contributed by atoms with Crippen LogP contribution in [0.3, 0.4) is 0 Å². The molecule has 0 aromatic carbocycles. The Morgan fingerprint density at radius 1 is 1.46 bits per heavy atom. The number of nitrogens with two attached hydrogens (primary N) is 1. The van der Waals surface area contributed by atoms with Crippen molar-refractivity contribution in [2.75, 3.05) is 56.5 Å². The van der Waals surface area contributed by atoms with E-state index in [4.69, 9.17) is 17.3 Å². The molecule has 1 aromatic heterocycles. The van der Waals surface area contributed by atoms with Crippen LogP contribution >= 0.6 is 11.6 Å². The number of nitrogens with one attached hydrogen (secondary N) is 3. The van der Waals surface area contributed by atoms with Crippen LogP contribution in [0.2, 0.25) is 0 Å². The van der Waals surface area contributed by atoms with Crippen molar-refractivity contribution in [2.45, 2.75) is 17.7 Å². The molecule has 2 saturated heterocycles. The minimum Gasteiger partial charge on any atom is -0.367 e. The van der Waals surface area contributed by atoms with E-state index in [0.29, 0.717) is 18.8 Å². The highest BCUT2D eigenvalue weighted by Crippen LogP contribution is 2.27. The molecule has 11 heteroatoms. The van der Waals surface area contributed by atoms with Gasteiger partial charge in [-0.05, 0) is 13.1 Å². The monoisotopic (exact) mass is 410 g/mol. The van der Waals surface area contributed by atoms with E-state index in [1.165, 1.54) is 0 Å². The molecule has 154 valence electrons. The predicted octanol–water partition coefficient (Wildman–Crippen LogP) is -0.434. The van der Waals surface area contributed by atoms with Crippen LogP contribution in [0.4, 0.5) is 11.4 Å². The van der Waals surface area contributed by atoms with E-state index < -0.39 is 18.2 Å². The Balaban J connectivity index is 1.80. The first-order valence-corrected chi connectivity index (χ1v) is 9.81. The lowest BCUT2D eigenvalue weighted by atomic mass is 9.98. The fraction of sp³-hybridized carbons (Fsp3) is 0.647. The fourth-order valence-electron chi connectivity index (χ4n) is 3.73. The van der Waals surface area contributed by atoms with Gasteiger partial charge in [-0.2, -0.15) is 0 Å². The summed E-state index contributed by atoms with van der Waals surface area (Å²) < 4.78 is 0. The number of piperazine rings is 1. The Morgan fingerprint density at radius 2 is 2.21 bits per heavy atom. The molecule has 0 bridgehead atoms. The predicted molar refractivity (Wildman–Crippen MR) is 109 cm³/mol. The number of aromatic nitrogens is 1. The summed E-state index contributed by atoms with van der Waals surface area (Å²) in [6.07, 6.45) is 1.67. The number of carbonyl (C=O) groups excluding carboxylic acids is 1. The van der Waals surface area contributed by atoms with Crippen molar-refractivity contribution in [3.63, 3.8) is 0 Å². The highest BCUT2D eigenvalue weighted by atomic mass is 35.5. The van der Waals surface area contributed by atoms with E-state index in [0.717, 1.165) is 31.9 Å². The van der Waals surface area contributed by atoms with Gasteiger partial charge in [0, 0.05) is 45.5 Å². The lowest BCUT2D eigenvalue weighted by molar-refractivity contribution is -0.123. The van der Waals surface area contributed by atoms with E-state index in [1.54, 1.807) is 12.4 Å². The maximum Gasteiger partial charge on any atom is 0.234 e. The highest BCUT2D eigenvalue weighted by molar-refractivity contribution is 6.21. The Hall–Kier alpha value is -1.85. The average Bonchev–Trinajstić information content (AvgIpc) is 2.70. The number of alkyl halides is 1. The third-order valence-electron chi connectivity index (χ3n) is 5.16. The van der Waals surface area contributed by atoms with Crippen molar-refractivity contribution in [3.8, 4) is 0 Å². The number of pyridine rings is 1. The Kier molecular flexibility index (Phi) is 7.13. The molecule has 0 spiro atoms. The molecule has 28 heavy (non-hydrogen) atoms. The molecule has 3 heterocycles. The van der Waals surface area contributed by atoms with Gasteiger partial charge in [0.2, 0.25) is 5.91 Å². The van der Waals surface area contributed by atoms with E-state index >= 15 is 0 Å². The summed E-state index contributed by atoms with van der Waals surface area (Å²) in [6.45, 7) is 4.49. The summed E-state index contributed by atoms with van der Waals surface area (Å²) >= 11 is 6.17. The molecule has 0 radical (unpaired) electrons. The molecule has 10 nitrogen and oxygen atoms in total. The van der Waals surface area contributed by atoms with Crippen molar-refractivity contribution in [1.29, 1.82) is 0 Å². The third kappa shape index (κ3) is 4.76. The first-order chi connectivity index (χ1) is 13.5. The smallest absolute Gasteiger partial charge is 0.234 e. The Bertz CT molecular complexity index is 687. The standard InChI is InChI=1S/C17H27ClN8O2/c1-25-10-11(18)8-22-16(25)14(15(19)24-28)17(27)23-12-9-21-3-2-13(12)26-6-4-20-5-7-26/h2-3,9,11,14-16,20,22H,4-8,10,19H2,1H3,(H,23,27). The summed E-state index contributed by atoms with van der Waals surface area (Å²) in [5.41, 5.74) is 7.39. The van der Waals surface area contributed by atoms with Gasteiger partial charge in [-0.25, -0.2) is 0 Å². The number of nitrogens with zero attached hydrogens (tertiary/aromatic N) is 4. The van der Waals surface area contributed by atoms with Gasteiger partial charge in [0.1, 0.15) is 5.92 Å². The average molecular weight is 411 g/mol. The molecule has 5 N–H and O–H groups in total. The summed E-state index contributed by atoms with van der Waals surface area (Å²) in [4.78, 5) is 32.5. The molecule has 4 unspecified atom stereocenters. The topological polar surface area (TPSA) is 128 Å². The second kappa shape index (κ2) is 9.57. The van der Waals surface area contributed by atoms with E-state index in [-0.39, 0.29) is 11.3 Å². The molecule has 2 aliphatic rings. The lowest BCUT2D eigenvalue weighted by Gasteiger charge is -2.40. The molecule has 4 atom stereocenters. The van der Waals surface area contributed by atoms with Crippen molar-refractivity contribution in [3.05, 3.63) is 23.4 Å². The van der Waals surface area contributed by atoms with E-state index in [1.807, 2.05) is 18.0 Å². The van der Waals surface area contributed by atoms with Crippen molar-refractivity contribution in [1.82, 2.24) is 20.5 Å². The van der Waals surface area contributed by atoms with Crippen LogP contribution in [-0.2, 0) is 4.79 Å². The number of hydrogen-bond acceptors (Lipinski definition) is 9. The number of amides is 1. The van der Waals surface area contributed by atoms with Crippen LogP contribution in [0.15, 0.2) is 23.6 Å². The third-order valence-corrected chi connectivity index (χ3v) is 5.45. The van der Waals surface area contributed by atoms with Crippen molar-refractivity contribution >= 4 is 28.9 Å². The maximum absolute atomic E-state index is 13.1. The number of rotatable bonds is 6. The zero-order chi connectivity index (χ0) is 20.1. The molecule has 1 amide bonds. The molecular formula is C17H27ClN8O2. The minimum atomic E-state index is -1.19. The van der Waals surface area contributed by atoms with Crippen LogP contribution < -0.4 is 26.6 Å². The molecule has 2 aliphatic heterocycles. The van der Waals surface area contributed by atoms with Crippen molar-refractivity contribution < 1.29 is 4.79 Å². The SMILES string of the molecule is CN1CC(Cl)CNC1C(C(=O)Nc1cnccc1N1CCNCC1)C(N)N=O. The minimum absolute atomic E-state index is 0.0805. The van der Waals surface area contributed by atoms with E-state index in [2.05, 4.69) is 31.0 Å². The lowest BCUT2D eigenvalue weighted by Crippen LogP contribution is -2.62. The number of anilines is 2. The maximum atomic E-state index is 13.1.